The van der Waals surface area contributed by atoms with Crippen molar-refractivity contribution in [2.75, 3.05) is 7.05 Å². The van der Waals surface area contributed by atoms with Crippen LogP contribution < -0.4 is 5.32 Å². The lowest BCUT2D eigenvalue weighted by Crippen LogP contribution is -2.17. The fourth-order valence-electron chi connectivity index (χ4n) is 1.90. The molecule has 0 aliphatic carbocycles. The topological polar surface area (TPSA) is 12.0 Å². The highest BCUT2D eigenvalue weighted by Crippen LogP contribution is 2.37. The van der Waals surface area contributed by atoms with E-state index in [0.29, 0.717) is 5.56 Å². The number of nitrogens with one attached hydrogen (secondary N) is 1. The Labute approximate surface area is 127 Å². The van der Waals surface area contributed by atoms with Crippen LogP contribution in [0.2, 0.25) is 0 Å². The predicted octanol–water partition coefficient (Wildman–Crippen LogP) is 5.03. The molecule has 0 spiro atoms. The highest BCUT2D eigenvalue weighted by molar-refractivity contribution is 9.12. The molecule has 0 fully saturated rings. The molecule has 1 N–H and O–H groups in total. The van der Waals surface area contributed by atoms with E-state index in [1.54, 1.807) is 18.3 Å². The second kappa shape index (κ2) is 5.82. The van der Waals surface area contributed by atoms with Crippen LogP contribution in [0, 0.1) is 12.7 Å². The molecule has 0 radical (unpaired) electrons. The number of aryl methyl sites for hydroxylation is 1. The van der Waals surface area contributed by atoms with Gasteiger partial charge in [-0.3, -0.25) is 0 Å². The summed E-state index contributed by atoms with van der Waals surface area (Å²) in [4.78, 5) is 0. The van der Waals surface area contributed by atoms with Gasteiger partial charge >= 0.3 is 0 Å². The van der Waals surface area contributed by atoms with E-state index in [9.17, 15) is 4.39 Å². The van der Waals surface area contributed by atoms with Gasteiger partial charge in [-0.05, 0) is 74.7 Å². The van der Waals surface area contributed by atoms with Crippen molar-refractivity contribution < 1.29 is 4.39 Å². The van der Waals surface area contributed by atoms with Gasteiger partial charge in [0.25, 0.3) is 0 Å². The van der Waals surface area contributed by atoms with E-state index in [2.05, 4.69) is 43.2 Å². The quantitative estimate of drug-likeness (QED) is 0.772. The zero-order valence-corrected chi connectivity index (χ0v) is 13.9. The Balaban J connectivity index is 2.45. The molecule has 1 aromatic carbocycles. The number of thiophene rings is 1. The first-order chi connectivity index (χ1) is 8.52. The van der Waals surface area contributed by atoms with Crippen LogP contribution >= 0.6 is 43.2 Å². The Kier molecular flexibility index (Phi) is 4.59. The number of halogens is 3. The zero-order valence-electron chi connectivity index (χ0n) is 9.93. The molecule has 1 unspecified atom stereocenters. The van der Waals surface area contributed by atoms with Crippen LogP contribution in [-0.2, 0) is 0 Å². The maximum absolute atomic E-state index is 13.3. The Morgan fingerprint density at radius 2 is 2.00 bits per heavy atom. The highest BCUT2D eigenvalue weighted by atomic mass is 79.9. The second-order valence-corrected chi connectivity index (χ2v) is 7.76. The Morgan fingerprint density at radius 3 is 2.50 bits per heavy atom. The van der Waals surface area contributed by atoms with E-state index in [4.69, 9.17) is 0 Å². The van der Waals surface area contributed by atoms with Gasteiger partial charge in [0.2, 0.25) is 0 Å². The van der Waals surface area contributed by atoms with Crippen LogP contribution in [0.15, 0.2) is 31.8 Å². The summed E-state index contributed by atoms with van der Waals surface area (Å²) < 4.78 is 15.5. The molecule has 1 aromatic heterocycles. The lowest BCUT2D eigenvalue weighted by Gasteiger charge is -2.17. The van der Waals surface area contributed by atoms with Gasteiger partial charge in [-0.25, -0.2) is 4.39 Å². The minimum atomic E-state index is -0.167. The fourth-order valence-corrected chi connectivity index (χ4v) is 4.80. The molecular formula is C13H12Br2FNS. The molecule has 2 aromatic rings. The van der Waals surface area contributed by atoms with E-state index in [0.717, 1.165) is 18.7 Å². The molecule has 0 amide bonds. The first-order valence-electron chi connectivity index (χ1n) is 5.41. The minimum absolute atomic E-state index is 0.0567. The highest BCUT2D eigenvalue weighted by Gasteiger charge is 2.18. The van der Waals surface area contributed by atoms with Gasteiger partial charge in [0.05, 0.1) is 13.6 Å². The molecule has 5 heteroatoms. The van der Waals surface area contributed by atoms with E-state index in [1.165, 1.54) is 6.07 Å². The number of hydrogen-bond donors (Lipinski definition) is 1. The van der Waals surface area contributed by atoms with Crippen molar-refractivity contribution in [1.29, 1.82) is 0 Å². The summed E-state index contributed by atoms with van der Waals surface area (Å²) in [5, 5.41) is 3.27. The predicted molar refractivity (Wildman–Crippen MR) is 81.8 cm³/mol. The molecule has 1 heterocycles. The van der Waals surface area contributed by atoms with E-state index < -0.39 is 0 Å². The van der Waals surface area contributed by atoms with Crippen molar-refractivity contribution >= 4 is 43.2 Å². The molecule has 96 valence electrons. The first kappa shape index (κ1) is 14.2. The number of benzene rings is 1. The third-order valence-corrected chi connectivity index (χ3v) is 5.18. The Bertz CT molecular complexity index is 568. The van der Waals surface area contributed by atoms with Crippen molar-refractivity contribution in [1.82, 2.24) is 5.32 Å². The number of rotatable bonds is 3. The van der Waals surface area contributed by atoms with Crippen molar-refractivity contribution in [2.24, 2.45) is 0 Å². The smallest absolute Gasteiger partial charge is 0.126 e. The molecule has 0 saturated carbocycles. The van der Waals surface area contributed by atoms with E-state index in [1.807, 2.05) is 19.2 Å². The Hall–Kier alpha value is -0.230. The van der Waals surface area contributed by atoms with Gasteiger partial charge in [0.15, 0.2) is 0 Å². The third kappa shape index (κ3) is 2.85. The van der Waals surface area contributed by atoms with Gasteiger partial charge in [0, 0.05) is 0 Å². The minimum Gasteiger partial charge on any atom is -0.309 e. The van der Waals surface area contributed by atoms with Crippen molar-refractivity contribution in [3.05, 3.63) is 54.3 Å². The summed E-state index contributed by atoms with van der Waals surface area (Å²) in [6.07, 6.45) is 0. The van der Waals surface area contributed by atoms with E-state index >= 15 is 0 Å². The van der Waals surface area contributed by atoms with Crippen molar-refractivity contribution in [2.45, 2.75) is 13.0 Å². The molecule has 1 atom stereocenters. The summed E-state index contributed by atoms with van der Waals surface area (Å²) >= 11 is 8.68. The molecule has 0 aliphatic heterocycles. The van der Waals surface area contributed by atoms with Crippen LogP contribution in [0.1, 0.15) is 22.7 Å². The SMILES string of the molecule is CNC(c1ccc(F)c(C)c1)c1cc(Br)sc1Br. The standard InChI is InChI=1S/C13H12Br2FNS/c1-7-5-8(3-4-10(7)16)12(17-2)9-6-11(14)18-13(9)15/h3-6,12,17H,1-2H3. The fraction of sp³-hybridized carbons (Fsp3) is 0.231. The van der Waals surface area contributed by atoms with Crippen molar-refractivity contribution in [3.63, 3.8) is 0 Å². The van der Waals surface area contributed by atoms with Crippen LogP contribution in [-0.4, -0.2) is 7.05 Å². The van der Waals surface area contributed by atoms with Gasteiger partial charge in [-0.2, -0.15) is 0 Å². The van der Waals surface area contributed by atoms with Crippen molar-refractivity contribution in [3.8, 4) is 0 Å². The van der Waals surface area contributed by atoms with Gasteiger partial charge in [-0.15, -0.1) is 11.3 Å². The average Bonchev–Trinajstić information content (AvgIpc) is 2.64. The Morgan fingerprint density at radius 1 is 1.28 bits per heavy atom. The molecule has 18 heavy (non-hydrogen) atoms. The largest absolute Gasteiger partial charge is 0.309 e. The molecule has 0 aliphatic rings. The zero-order chi connectivity index (χ0) is 13.3. The maximum atomic E-state index is 13.3. The summed E-state index contributed by atoms with van der Waals surface area (Å²) in [5.74, 6) is -0.167. The number of hydrogen-bond acceptors (Lipinski definition) is 2. The first-order valence-corrected chi connectivity index (χ1v) is 7.81. The normalized spacial score (nSPS) is 12.7. The molecule has 0 saturated heterocycles. The lowest BCUT2D eigenvalue weighted by molar-refractivity contribution is 0.614. The van der Waals surface area contributed by atoms with Gasteiger partial charge in [-0.1, -0.05) is 12.1 Å². The van der Waals surface area contributed by atoms with Gasteiger partial charge < -0.3 is 5.32 Å². The average molecular weight is 393 g/mol. The lowest BCUT2D eigenvalue weighted by atomic mass is 9.99. The molecular weight excluding hydrogens is 381 g/mol. The second-order valence-electron chi connectivity index (χ2n) is 4.01. The van der Waals surface area contributed by atoms with Gasteiger partial charge in [0.1, 0.15) is 5.82 Å². The third-order valence-electron chi connectivity index (χ3n) is 2.80. The summed E-state index contributed by atoms with van der Waals surface area (Å²) in [5.41, 5.74) is 2.88. The summed E-state index contributed by atoms with van der Waals surface area (Å²) in [7, 11) is 1.90. The maximum Gasteiger partial charge on any atom is 0.126 e. The molecule has 1 nitrogen and oxygen atoms in total. The summed E-state index contributed by atoms with van der Waals surface area (Å²) in [6.45, 7) is 1.78. The van der Waals surface area contributed by atoms with Crippen LogP contribution in [0.4, 0.5) is 4.39 Å². The van der Waals surface area contributed by atoms with Crippen LogP contribution in [0.5, 0.6) is 0 Å². The van der Waals surface area contributed by atoms with Crippen LogP contribution in [0.25, 0.3) is 0 Å². The molecule has 0 bridgehead atoms. The monoisotopic (exact) mass is 391 g/mol. The van der Waals surface area contributed by atoms with E-state index in [-0.39, 0.29) is 11.9 Å². The summed E-state index contributed by atoms with van der Waals surface area (Å²) in [6, 6.07) is 7.36. The van der Waals surface area contributed by atoms with Crippen LogP contribution in [0.3, 0.4) is 0 Å². The molecule has 2 rings (SSSR count).